The van der Waals surface area contributed by atoms with Gasteiger partial charge in [-0.15, -0.1) is 0 Å². The maximum Gasteiger partial charge on any atom is 0.270 e. The van der Waals surface area contributed by atoms with E-state index in [2.05, 4.69) is 11.9 Å². The molecule has 1 N–H and O–H groups in total. The number of aromatic hydroxyl groups is 1. The van der Waals surface area contributed by atoms with Crippen LogP contribution in [-0.2, 0) is 0 Å². The molecule has 0 aliphatic heterocycles. The first-order valence-electron chi connectivity index (χ1n) is 6.58. The number of nitro groups is 1. The van der Waals surface area contributed by atoms with Crippen LogP contribution in [0, 0.1) is 16.0 Å². The number of rotatable bonds is 3. The highest BCUT2D eigenvalue weighted by molar-refractivity contribution is 5.84. The van der Waals surface area contributed by atoms with E-state index in [0.29, 0.717) is 11.5 Å². The van der Waals surface area contributed by atoms with Crippen LogP contribution in [0.2, 0.25) is 0 Å². The molecule has 2 rings (SSSR count). The number of phenolic OH excluding ortho intramolecular Hbond substituents is 1. The zero-order chi connectivity index (χ0) is 13.8. The molecule has 1 fully saturated rings. The van der Waals surface area contributed by atoms with Crippen LogP contribution in [0.3, 0.4) is 0 Å². The Balaban J connectivity index is 2.17. The van der Waals surface area contributed by atoms with Gasteiger partial charge >= 0.3 is 0 Å². The lowest BCUT2D eigenvalue weighted by Crippen LogP contribution is -2.20. The standard InChI is InChI=1S/C14H18N2O3/c1-10-4-2-3-5-13(10)15-9-11-8-12(16(18)19)6-7-14(11)17/h6-10,13,17H,2-5H2,1H3/t10-,13-/m0/s1. The van der Waals surface area contributed by atoms with Crippen molar-refractivity contribution in [3.8, 4) is 5.75 Å². The highest BCUT2D eigenvalue weighted by Crippen LogP contribution is 2.27. The molecule has 0 amide bonds. The van der Waals surface area contributed by atoms with Crippen molar-refractivity contribution >= 4 is 11.9 Å². The zero-order valence-electron chi connectivity index (χ0n) is 11.0. The number of hydrogen-bond acceptors (Lipinski definition) is 4. The zero-order valence-corrected chi connectivity index (χ0v) is 11.0. The highest BCUT2D eigenvalue weighted by atomic mass is 16.6. The van der Waals surface area contributed by atoms with E-state index in [0.717, 1.165) is 6.42 Å². The van der Waals surface area contributed by atoms with E-state index < -0.39 is 4.92 Å². The summed E-state index contributed by atoms with van der Waals surface area (Å²) in [7, 11) is 0. The number of hydrogen-bond donors (Lipinski definition) is 1. The molecular weight excluding hydrogens is 244 g/mol. The molecule has 0 unspecified atom stereocenters. The quantitative estimate of drug-likeness (QED) is 0.516. The van der Waals surface area contributed by atoms with Crippen LogP contribution in [0.25, 0.3) is 0 Å². The molecule has 1 aliphatic carbocycles. The van der Waals surface area contributed by atoms with Gasteiger partial charge in [-0.05, 0) is 24.8 Å². The second-order valence-electron chi connectivity index (χ2n) is 5.11. The number of benzene rings is 1. The van der Waals surface area contributed by atoms with Gasteiger partial charge in [-0.1, -0.05) is 19.8 Å². The lowest BCUT2D eigenvalue weighted by atomic mass is 9.86. The van der Waals surface area contributed by atoms with Gasteiger partial charge in [0.25, 0.3) is 5.69 Å². The molecule has 0 bridgehead atoms. The van der Waals surface area contributed by atoms with Gasteiger partial charge in [0.15, 0.2) is 0 Å². The Kier molecular flexibility index (Phi) is 4.14. The monoisotopic (exact) mass is 262 g/mol. The molecule has 5 nitrogen and oxygen atoms in total. The first-order chi connectivity index (χ1) is 9.08. The molecule has 1 aromatic carbocycles. The normalized spacial score (nSPS) is 23.6. The number of non-ortho nitro benzene ring substituents is 1. The average Bonchev–Trinajstić information content (AvgIpc) is 2.39. The minimum absolute atomic E-state index is 0.0258. The van der Waals surface area contributed by atoms with Gasteiger partial charge in [0.2, 0.25) is 0 Å². The van der Waals surface area contributed by atoms with Gasteiger partial charge in [-0.3, -0.25) is 15.1 Å². The van der Waals surface area contributed by atoms with Crippen molar-refractivity contribution in [3.63, 3.8) is 0 Å². The van der Waals surface area contributed by atoms with Crippen LogP contribution in [0.4, 0.5) is 5.69 Å². The van der Waals surface area contributed by atoms with E-state index in [1.807, 2.05) is 0 Å². The summed E-state index contributed by atoms with van der Waals surface area (Å²) in [5.41, 5.74) is 0.378. The lowest BCUT2D eigenvalue weighted by molar-refractivity contribution is -0.384. The molecule has 0 spiro atoms. The highest BCUT2D eigenvalue weighted by Gasteiger charge is 2.20. The summed E-state index contributed by atoms with van der Waals surface area (Å²) in [5, 5.41) is 20.4. The molecule has 2 atom stereocenters. The second-order valence-corrected chi connectivity index (χ2v) is 5.11. The van der Waals surface area contributed by atoms with Crippen molar-refractivity contribution in [1.29, 1.82) is 0 Å². The predicted molar refractivity (Wildman–Crippen MR) is 73.8 cm³/mol. The van der Waals surface area contributed by atoms with Crippen LogP contribution < -0.4 is 0 Å². The minimum atomic E-state index is -0.472. The van der Waals surface area contributed by atoms with Crippen molar-refractivity contribution in [2.75, 3.05) is 0 Å². The molecule has 1 aliphatic rings. The van der Waals surface area contributed by atoms with Crippen molar-refractivity contribution in [3.05, 3.63) is 33.9 Å². The molecule has 5 heteroatoms. The van der Waals surface area contributed by atoms with Gasteiger partial charge in [0, 0.05) is 23.9 Å². The molecule has 1 aromatic rings. The predicted octanol–water partition coefficient (Wildman–Crippen LogP) is 3.30. The van der Waals surface area contributed by atoms with Crippen molar-refractivity contribution in [1.82, 2.24) is 0 Å². The number of aliphatic imine (C=N–C) groups is 1. The number of nitrogens with zero attached hydrogens (tertiary/aromatic N) is 2. The Morgan fingerprint density at radius 2 is 2.16 bits per heavy atom. The fourth-order valence-corrected chi connectivity index (χ4v) is 2.45. The van der Waals surface area contributed by atoms with Crippen molar-refractivity contribution in [2.45, 2.75) is 38.6 Å². The lowest BCUT2D eigenvalue weighted by Gasteiger charge is -2.25. The third-order valence-corrected chi connectivity index (χ3v) is 3.69. The van der Waals surface area contributed by atoms with Crippen LogP contribution in [0.1, 0.15) is 38.2 Å². The van der Waals surface area contributed by atoms with Gasteiger partial charge in [0.1, 0.15) is 5.75 Å². The molecule has 0 aromatic heterocycles. The fourth-order valence-electron chi connectivity index (χ4n) is 2.45. The second kappa shape index (κ2) is 5.82. The summed E-state index contributed by atoms with van der Waals surface area (Å²) in [6.45, 7) is 2.18. The van der Waals surface area contributed by atoms with E-state index in [1.54, 1.807) is 6.21 Å². The van der Waals surface area contributed by atoms with Gasteiger partial charge in [-0.2, -0.15) is 0 Å². The van der Waals surface area contributed by atoms with E-state index >= 15 is 0 Å². The smallest absolute Gasteiger partial charge is 0.270 e. The summed E-state index contributed by atoms with van der Waals surface area (Å²) in [5.74, 6) is 0.559. The first-order valence-corrected chi connectivity index (χ1v) is 6.58. The Morgan fingerprint density at radius 3 is 2.84 bits per heavy atom. The first kappa shape index (κ1) is 13.5. The Bertz CT molecular complexity index is 499. The van der Waals surface area contributed by atoms with Crippen LogP contribution in [0.5, 0.6) is 5.75 Å². The Labute approximate surface area is 112 Å². The third kappa shape index (κ3) is 3.30. The summed E-state index contributed by atoms with van der Waals surface area (Å²) < 4.78 is 0. The average molecular weight is 262 g/mol. The molecular formula is C14H18N2O3. The number of nitro benzene ring substituents is 1. The van der Waals surface area contributed by atoms with Gasteiger partial charge < -0.3 is 5.11 Å². The molecule has 102 valence electrons. The van der Waals surface area contributed by atoms with Crippen LogP contribution in [0.15, 0.2) is 23.2 Å². The largest absolute Gasteiger partial charge is 0.507 e. The number of phenols is 1. The molecule has 0 heterocycles. The van der Waals surface area contributed by atoms with Crippen LogP contribution >= 0.6 is 0 Å². The topological polar surface area (TPSA) is 75.7 Å². The van der Waals surface area contributed by atoms with Crippen molar-refractivity contribution in [2.24, 2.45) is 10.9 Å². The molecule has 1 saturated carbocycles. The summed E-state index contributed by atoms with van der Waals surface area (Å²) in [6, 6.07) is 4.24. The van der Waals surface area contributed by atoms with Crippen LogP contribution in [-0.4, -0.2) is 22.3 Å². The third-order valence-electron chi connectivity index (χ3n) is 3.69. The fraction of sp³-hybridized carbons (Fsp3) is 0.500. The van der Waals surface area contributed by atoms with Crippen molar-refractivity contribution < 1.29 is 10.0 Å². The minimum Gasteiger partial charge on any atom is -0.507 e. The maximum atomic E-state index is 10.7. The Morgan fingerprint density at radius 1 is 1.42 bits per heavy atom. The van der Waals surface area contributed by atoms with E-state index in [9.17, 15) is 15.2 Å². The van der Waals surface area contributed by atoms with E-state index in [1.165, 1.54) is 37.5 Å². The van der Waals surface area contributed by atoms with Gasteiger partial charge in [-0.25, -0.2) is 0 Å². The maximum absolute atomic E-state index is 10.7. The summed E-state index contributed by atoms with van der Waals surface area (Å²) in [4.78, 5) is 14.7. The van der Waals surface area contributed by atoms with E-state index in [4.69, 9.17) is 0 Å². The van der Waals surface area contributed by atoms with E-state index in [-0.39, 0.29) is 17.5 Å². The molecule has 0 radical (unpaired) electrons. The molecule has 19 heavy (non-hydrogen) atoms. The summed E-state index contributed by atoms with van der Waals surface area (Å²) >= 11 is 0. The molecule has 0 saturated heterocycles. The Hall–Kier alpha value is -1.91. The SMILES string of the molecule is C[C@H]1CCCC[C@@H]1N=Cc1cc([N+](=O)[O-])ccc1O. The van der Waals surface area contributed by atoms with Gasteiger partial charge in [0.05, 0.1) is 11.0 Å². The summed E-state index contributed by atoms with van der Waals surface area (Å²) in [6.07, 6.45) is 6.20.